The van der Waals surface area contributed by atoms with Gasteiger partial charge in [-0.15, -0.1) is 0 Å². The Morgan fingerprint density at radius 3 is 2.25 bits per heavy atom. The Hall–Kier alpha value is -0.700. The van der Waals surface area contributed by atoms with Gasteiger partial charge < -0.3 is 21.7 Å². The molecule has 0 bridgehead atoms. The number of allylic oxidation sites excluding steroid dienone is 1. The van der Waals surface area contributed by atoms with E-state index in [0.717, 1.165) is 10.8 Å². The van der Waals surface area contributed by atoms with Crippen molar-refractivity contribution in [3.63, 3.8) is 0 Å². The highest BCUT2D eigenvalue weighted by Gasteiger charge is 2.18. The minimum atomic E-state index is -1.12. The Labute approximate surface area is 101 Å². The van der Waals surface area contributed by atoms with Gasteiger partial charge in [0.15, 0.2) is 0 Å². The molecule has 0 aliphatic rings. The number of aliphatic carboxylic acids is 2. The van der Waals surface area contributed by atoms with E-state index in [0.29, 0.717) is 4.91 Å². The van der Waals surface area contributed by atoms with E-state index in [2.05, 4.69) is 0 Å². The molecule has 92 valence electrons. The van der Waals surface area contributed by atoms with Gasteiger partial charge in [-0.05, 0) is 6.92 Å². The van der Waals surface area contributed by atoms with Crippen molar-refractivity contribution in [3.05, 3.63) is 11.0 Å². The molecule has 2 atom stereocenters. The summed E-state index contributed by atoms with van der Waals surface area (Å²) in [6.45, 7) is 1.67. The normalized spacial score (nSPS) is 15.6. The van der Waals surface area contributed by atoms with Gasteiger partial charge in [0.2, 0.25) is 0 Å². The van der Waals surface area contributed by atoms with E-state index in [1.165, 1.54) is 10.8 Å². The van der Waals surface area contributed by atoms with Crippen LogP contribution in [0.4, 0.5) is 0 Å². The predicted molar refractivity (Wildman–Crippen MR) is 65.0 cm³/mol. The molecule has 6 N–H and O–H groups in total. The number of nitrogens with two attached hydrogens (primary N) is 2. The fourth-order valence-electron chi connectivity index (χ4n) is 0.648. The first-order valence-electron chi connectivity index (χ1n) is 4.32. The lowest BCUT2D eigenvalue weighted by atomic mass is 10.3. The smallest absolute Gasteiger partial charge is 0.325 e. The molecule has 0 amide bonds. The fourth-order valence-corrected chi connectivity index (χ4v) is 3.09. The lowest BCUT2D eigenvalue weighted by molar-refractivity contribution is -0.138. The third-order valence-electron chi connectivity index (χ3n) is 1.58. The highest BCUT2D eigenvalue weighted by atomic mass is 33.1. The van der Waals surface area contributed by atoms with E-state index in [1.54, 1.807) is 13.0 Å². The maximum absolute atomic E-state index is 10.6. The third-order valence-corrected chi connectivity index (χ3v) is 4.21. The van der Waals surface area contributed by atoms with Crippen LogP contribution in [0, 0.1) is 0 Å². The molecule has 0 aromatic heterocycles. The molecule has 16 heavy (non-hydrogen) atoms. The molecule has 0 saturated heterocycles. The van der Waals surface area contributed by atoms with Gasteiger partial charge in [0.25, 0.3) is 0 Å². The first kappa shape index (κ1) is 15.3. The van der Waals surface area contributed by atoms with E-state index in [1.807, 2.05) is 0 Å². The molecule has 0 saturated carbocycles. The SMILES string of the molecule is CC=C(SSCC(N)C(=O)O)C(N)C(=O)O. The predicted octanol–water partition coefficient (Wildman–Crippen LogP) is 0.0954. The van der Waals surface area contributed by atoms with Crippen LogP contribution in [-0.2, 0) is 9.59 Å². The number of carbonyl (C=O) groups is 2. The second kappa shape index (κ2) is 7.55. The lowest BCUT2D eigenvalue weighted by Crippen LogP contribution is -2.32. The summed E-state index contributed by atoms with van der Waals surface area (Å²) >= 11 is 0. The van der Waals surface area contributed by atoms with Crippen LogP contribution in [0.1, 0.15) is 6.92 Å². The molecule has 0 aliphatic carbocycles. The van der Waals surface area contributed by atoms with Gasteiger partial charge in [0, 0.05) is 10.7 Å². The van der Waals surface area contributed by atoms with E-state index in [-0.39, 0.29) is 5.75 Å². The van der Waals surface area contributed by atoms with Crippen molar-refractivity contribution in [1.82, 2.24) is 0 Å². The van der Waals surface area contributed by atoms with Crippen LogP contribution in [0.25, 0.3) is 0 Å². The van der Waals surface area contributed by atoms with Gasteiger partial charge in [0.1, 0.15) is 12.1 Å². The minimum Gasteiger partial charge on any atom is -0.480 e. The van der Waals surface area contributed by atoms with Gasteiger partial charge in [-0.1, -0.05) is 27.7 Å². The van der Waals surface area contributed by atoms with Crippen LogP contribution in [-0.4, -0.2) is 40.0 Å². The molecule has 0 heterocycles. The van der Waals surface area contributed by atoms with Crippen molar-refractivity contribution in [1.29, 1.82) is 0 Å². The summed E-state index contributed by atoms with van der Waals surface area (Å²) in [5, 5.41) is 17.2. The zero-order valence-electron chi connectivity index (χ0n) is 8.62. The first-order valence-corrected chi connectivity index (χ1v) is 6.64. The highest BCUT2D eigenvalue weighted by Crippen LogP contribution is 2.31. The molecule has 6 nitrogen and oxygen atoms in total. The average Bonchev–Trinajstić information content (AvgIpc) is 2.22. The molecule has 0 radical (unpaired) electrons. The summed E-state index contributed by atoms with van der Waals surface area (Å²) < 4.78 is 0. The molecule has 0 fully saturated rings. The number of carboxylic acid groups (broad SMARTS) is 2. The second-order valence-electron chi connectivity index (χ2n) is 2.82. The van der Waals surface area contributed by atoms with Gasteiger partial charge in [-0.2, -0.15) is 0 Å². The summed E-state index contributed by atoms with van der Waals surface area (Å²) in [7, 11) is 2.30. The largest absolute Gasteiger partial charge is 0.480 e. The standard InChI is InChI=1S/C8H14N2O4S2/c1-2-5(6(10)8(13)14)16-15-3-4(9)7(11)12/h2,4,6H,3,9-10H2,1H3,(H,11,12)(H,13,14). The van der Waals surface area contributed by atoms with Gasteiger partial charge in [-0.25, -0.2) is 0 Å². The minimum absolute atomic E-state index is 0.184. The molecule has 8 heteroatoms. The maximum Gasteiger partial charge on any atom is 0.325 e. The molecule has 0 rings (SSSR count). The lowest BCUT2D eigenvalue weighted by Gasteiger charge is -2.11. The first-order chi connectivity index (χ1) is 7.40. The van der Waals surface area contributed by atoms with E-state index in [9.17, 15) is 9.59 Å². The third kappa shape index (κ3) is 5.40. The van der Waals surface area contributed by atoms with Crippen LogP contribution in [0.15, 0.2) is 11.0 Å². The zero-order chi connectivity index (χ0) is 12.7. The Balaban J connectivity index is 4.08. The van der Waals surface area contributed by atoms with Crippen molar-refractivity contribution in [2.45, 2.75) is 19.0 Å². The van der Waals surface area contributed by atoms with Crippen molar-refractivity contribution in [2.75, 3.05) is 5.75 Å². The molecule has 0 aromatic carbocycles. The Bertz CT molecular complexity index is 296. The average molecular weight is 266 g/mol. The maximum atomic E-state index is 10.6. The van der Waals surface area contributed by atoms with Gasteiger partial charge in [-0.3, -0.25) is 9.59 Å². The second-order valence-corrected chi connectivity index (χ2v) is 5.23. The molecule has 0 aromatic rings. The van der Waals surface area contributed by atoms with E-state index in [4.69, 9.17) is 21.7 Å². The van der Waals surface area contributed by atoms with E-state index >= 15 is 0 Å². The monoisotopic (exact) mass is 266 g/mol. The molecule has 2 unspecified atom stereocenters. The topological polar surface area (TPSA) is 127 Å². The molecule has 0 spiro atoms. The summed E-state index contributed by atoms with van der Waals surface area (Å²) in [5.41, 5.74) is 10.7. The summed E-state index contributed by atoms with van der Waals surface area (Å²) in [4.78, 5) is 21.5. The van der Waals surface area contributed by atoms with Gasteiger partial charge in [0.05, 0.1) is 0 Å². The quantitative estimate of drug-likeness (QED) is 0.478. The van der Waals surface area contributed by atoms with Crippen LogP contribution in [0.2, 0.25) is 0 Å². The van der Waals surface area contributed by atoms with Crippen LogP contribution in [0.3, 0.4) is 0 Å². The highest BCUT2D eigenvalue weighted by molar-refractivity contribution is 8.78. The van der Waals surface area contributed by atoms with Crippen LogP contribution < -0.4 is 11.5 Å². The van der Waals surface area contributed by atoms with Crippen molar-refractivity contribution in [2.24, 2.45) is 11.5 Å². The number of hydrogen-bond donors (Lipinski definition) is 4. The number of carboxylic acids is 2. The summed E-state index contributed by atoms with van der Waals surface area (Å²) in [6.07, 6.45) is 1.59. The summed E-state index contributed by atoms with van der Waals surface area (Å²) in [5.74, 6) is -2.02. The Morgan fingerprint density at radius 2 is 1.88 bits per heavy atom. The van der Waals surface area contributed by atoms with Crippen LogP contribution >= 0.6 is 21.6 Å². The van der Waals surface area contributed by atoms with Gasteiger partial charge >= 0.3 is 11.9 Å². The Morgan fingerprint density at radius 1 is 1.31 bits per heavy atom. The van der Waals surface area contributed by atoms with Crippen molar-refractivity contribution >= 4 is 33.5 Å². The molecular formula is C8H14N2O4S2. The number of hydrogen-bond acceptors (Lipinski definition) is 6. The van der Waals surface area contributed by atoms with Crippen molar-refractivity contribution in [3.8, 4) is 0 Å². The molecule has 0 aliphatic heterocycles. The molecular weight excluding hydrogens is 252 g/mol. The van der Waals surface area contributed by atoms with Crippen LogP contribution in [0.5, 0.6) is 0 Å². The number of rotatable bonds is 7. The summed E-state index contributed by atoms with van der Waals surface area (Å²) in [6, 6.07) is -2.04. The Kier molecular flexibility index (Phi) is 7.22. The van der Waals surface area contributed by atoms with Crippen molar-refractivity contribution < 1.29 is 19.8 Å². The fraction of sp³-hybridized carbons (Fsp3) is 0.500. The zero-order valence-corrected chi connectivity index (χ0v) is 10.3. The van der Waals surface area contributed by atoms with E-state index < -0.39 is 24.0 Å².